The van der Waals surface area contributed by atoms with E-state index in [1.165, 1.54) is 24.4 Å². The number of β-amino-alcohol motifs (C(OH)–C–C–N with tert-alkyl or cyclic N) is 1. The summed E-state index contributed by atoms with van der Waals surface area (Å²) in [6.07, 6.45) is -3.39. The van der Waals surface area contributed by atoms with Crippen LogP contribution in [0.5, 0.6) is 0 Å². The quantitative estimate of drug-likeness (QED) is 0.563. The average molecular weight is 440 g/mol. The standard InChI is InChI=1S/C21H27F3N4O3/c22-21(23,24)17-4-2-1-3-15(17)18-13-19(30)16(20(31)26-18)14-25-5-6-27-7-9-28(10-8-27)11-12-29/h1-4,14,18,29-30H,5-13H2,(H,26,31). The molecule has 1 saturated heterocycles. The molecule has 1 aromatic carbocycles. The highest BCUT2D eigenvalue weighted by Gasteiger charge is 2.37. The predicted octanol–water partition coefficient (Wildman–Crippen LogP) is 1.76. The first-order valence-electron chi connectivity index (χ1n) is 10.2. The number of aliphatic imine (C=N–C) groups is 1. The minimum atomic E-state index is -4.55. The molecule has 2 heterocycles. The minimum Gasteiger partial charge on any atom is -0.511 e. The average Bonchev–Trinajstić information content (AvgIpc) is 2.73. The van der Waals surface area contributed by atoms with Crippen molar-refractivity contribution in [3.05, 3.63) is 46.7 Å². The lowest BCUT2D eigenvalue weighted by molar-refractivity contribution is -0.138. The molecule has 1 amide bonds. The second-order valence-electron chi connectivity index (χ2n) is 7.62. The summed E-state index contributed by atoms with van der Waals surface area (Å²) in [5.74, 6) is -0.917. The van der Waals surface area contributed by atoms with E-state index in [0.29, 0.717) is 19.6 Å². The van der Waals surface area contributed by atoms with Gasteiger partial charge in [0.25, 0.3) is 5.91 Å². The first-order valence-corrected chi connectivity index (χ1v) is 10.2. The molecular formula is C21H27F3N4O3. The smallest absolute Gasteiger partial charge is 0.416 e. The molecule has 2 aliphatic rings. The highest BCUT2D eigenvalue weighted by atomic mass is 19.4. The van der Waals surface area contributed by atoms with Gasteiger partial charge in [-0.15, -0.1) is 0 Å². The number of aliphatic hydroxyl groups excluding tert-OH is 2. The summed E-state index contributed by atoms with van der Waals surface area (Å²) in [5, 5.41) is 21.8. The Hall–Kier alpha value is -2.43. The highest BCUT2D eigenvalue weighted by Crippen LogP contribution is 2.37. The van der Waals surface area contributed by atoms with Crippen LogP contribution in [0.1, 0.15) is 23.6 Å². The second-order valence-corrected chi connectivity index (χ2v) is 7.62. The minimum absolute atomic E-state index is 0.0199. The number of alkyl halides is 3. The van der Waals surface area contributed by atoms with Gasteiger partial charge in [0.1, 0.15) is 5.76 Å². The van der Waals surface area contributed by atoms with Gasteiger partial charge in [0, 0.05) is 51.9 Å². The number of nitrogens with one attached hydrogen (secondary N) is 1. The SMILES string of the molecule is O=C1NC(c2ccccc2C(F)(F)F)CC(O)=C1C=NCCN1CCN(CCO)CC1. The molecule has 31 heavy (non-hydrogen) atoms. The Kier molecular flexibility index (Phi) is 7.69. The van der Waals surface area contributed by atoms with Crippen LogP contribution in [0.25, 0.3) is 0 Å². The van der Waals surface area contributed by atoms with E-state index in [1.54, 1.807) is 0 Å². The monoisotopic (exact) mass is 440 g/mol. The zero-order valence-electron chi connectivity index (χ0n) is 17.1. The Bertz CT molecular complexity index is 833. The summed E-state index contributed by atoms with van der Waals surface area (Å²) in [5.41, 5.74) is -0.927. The third-order valence-electron chi connectivity index (χ3n) is 5.55. The van der Waals surface area contributed by atoms with Crippen molar-refractivity contribution in [2.24, 2.45) is 4.99 Å². The van der Waals surface area contributed by atoms with Crippen molar-refractivity contribution in [2.45, 2.75) is 18.6 Å². The number of nitrogens with zero attached hydrogens (tertiary/aromatic N) is 3. The van der Waals surface area contributed by atoms with Crippen LogP contribution in [0.2, 0.25) is 0 Å². The molecule has 2 aliphatic heterocycles. The zero-order valence-corrected chi connectivity index (χ0v) is 17.1. The second kappa shape index (κ2) is 10.3. The lowest BCUT2D eigenvalue weighted by Crippen LogP contribution is -2.47. The topological polar surface area (TPSA) is 88.4 Å². The summed E-state index contributed by atoms with van der Waals surface area (Å²) in [4.78, 5) is 21.0. The van der Waals surface area contributed by atoms with E-state index in [9.17, 15) is 23.1 Å². The van der Waals surface area contributed by atoms with Crippen LogP contribution in [0, 0.1) is 0 Å². The summed E-state index contributed by atoms with van der Waals surface area (Å²) in [6, 6.07) is 4.07. The van der Waals surface area contributed by atoms with Gasteiger partial charge in [-0.05, 0) is 11.6 Å². The van der Waals surface area contributed by atoms with Crippen LogP contribution in [0.4, 0.5) is 13.2 Å². The lowest BCUT2D eigenvalue weighted by atomic mass is 9.93. The van der Waals surface area contributed by atoms with E-state index in [0.717, 1.165) is 32.2 Å². The fraction of sp³-hybridized carbons (Fsp3) is 0.524. The number of halogens is 3. The first kappa shape index (κ1) is 23.2. The van der Waals surface area contributed by atoms with Crippen molar-refractivity contribution in [3.63, 3.8) is 0 Å². The number of hydrogen-bond donors (Lipinski definition) is 3. The number of piperazine rings is 1. The molecule has 3 N–H and O–H groups in total. The summed E-state index contributed by atoms with van der Waals surface area (Å²) >= 11 is 0. The van der Waals surface area contributed by atoms with E-state index in [2.05, 4.69) is 20.1 Å². The van der Waals surface area contributed by atoms with Gasteiger partial charge in [-0.3, -0.25) is 19.6 Å². The summed E-state index contributed by atoms with van der Waals surface area (Å²) in [7, 11) is 0. The molecule has 3 rings (SSSR count). The first-order chi connectivity index (χ1) is 14.8. The Labute approximate surface area is 178 Å². The van der Waals surface area contributed by atoms with Gasteiger partial charge in [-0.25, -0.2) is 0 Å². The maximum absolute atomic E-state index is 13.3. The van der Waals surface area contributed by atoms with Crippen molar-refractivity contribution in [1.82, 2.24) is 15.1 Å². The Balaban J connectivity index is 1.57. The molecule has 10 heteroatoms. The normalized spacial score (nSPS) is 21.7. The van der Waals surface area contributed by atoms with Gasteiger partial charge in [0.15, 0.2) is 0 Å². The molecule has 1 aromatic rings. The van der Waals surface area contributed by atoms with Crippen LogP contribution < -0.4 is 5.32 Å². The van der Waals surface area contributed by atoms with Crippen LogP contribution in [-0.2, 0) is 11.0 Å². The van der Waals surface area contributed by atoms with E-state index in [4.69, 9.17) is 5.11 Å². The lowest BCUT2D eigenvalue weighted by Gasteiger charge is -2.33. The number of carbonyl (C=O) groups is 1. The van der Waals surface area contributed by atoms with E-state index in [-0.39, 0.29) is 29.9 Å². The zero-order chi connectivity index (χ0) is 22.4. The van der Waals surface area contributed by atoms with E-state index >= 15 is 0 Å². The fourth-order valence-corrected chi connectivity index (χ4v) is 3.83. The molecule has 1 atom stereocenters. The third kappa shape index (κ3) is 6.05. The summed E-state index contributed by atoms with van der Waals surface area (Å²) in [6.45, 7) is 5.43. The van der Waals surface area contributed by atoms with Gasteiger partial charge >= 0.3 is 6.18 Å². The van der Waals surface area contributed by atoms with Crippen molar-refractivity contribution in [2.75, 3.05) is 52.4 Å². The van der Waals surface area contributed by atoms with Gasteiger partial charge in [-0.1, -0.05) is 18.2 Å². The molecule has 0 aliphatic carbocycles. The number of carbonyl (C=O) groups excluding carboxylic acids is 1. The Morgan fingerprint density at radius 1 is 1.13 bits per heavy atom. The van der Waals surface area contributed by atoms with Crippen LogP contribution in [-0.4, -0.2) is 84.6 Å². The van der Waals surface area contributed by atoms with Crippen molar-refractivity contribution < 1.29 is 28.2 Å². The van der Waals surface area contributed by atoms with E-state index in [1.807, 2.05) is 0 Å². The van der Waals surface area contributed by atoms with Crippen LogP contribution in [0.15, 0.2) is 40.6 Å². The maximum atomic E-state index is 13.3. The van der Waals surface area contributed by atoms with Crippen molar-refractivity contribution in [1.29, 1.82) is 0 Å². The highest BCUT2D eigenvalue weighted by molar-refractivity contribution is 6.13. The molecule has 1 fully saturated rings. The number of amides is 1. The number of aliphatic hydroxyl groups is 2. The molecule has 0 aromatic heterocycles. The van der Waals surface area contributed by atoms with Crippen LogP contribution in [0.3, 0.4) is 0 Å². The van der Waals surface area contributed by atoms with Gasteiger partial charge in [0.05, 0.1) is 30.3 Å². The molecule has 1 unspecified atom stereocenters. The molecule has 0 bridgehead atoms. The van der Waals surface area contributed by atoms with Crippen molar-refractivity contribution >= 4 is 12.1 Å². The summed E-state index contributed by atoms with van der Waals surface area (Å²) < 4.78 is 39.8. The van der Waals surface area contributed by atoms with Crippen LogP contribution >= 0.6 is 0 Å². The molecule has 170 valence electrons. The predicted molar refractivity (Wildman–Crippen MR) is 110 cm³/mol. The fourth-order valence-electron chi connectivity index (χ4n) is 3.83. The van der Waals surface area contributed by atoms with Crippen molar-refractivity contribution in [3.8, 4) is 0 Å². The van der Waals surface area contributed by atoms with E-state index < -0.39 is 23.7 Å². The third-order valence-corrected chi connectivity index (χ3v) is 5.55. The Morgan fingerprint density at radius 3 is 2.39 bits per heavy atom. The molecule has 0 radical (unpaired) electrons. The number of rotatable bonds is 7. The maximum Gasteiger partial charge on any atom is 0.416 e. The Morgan fingerprint density at radius 2 is 1.77 bits per heavy atom. The number of benzene rings is 1. The van der Waals surface area contributed by atoms with Gasteiger partial charge < -0.3 is 15.5 Å². The number of hydrogen-bond acceptors (Lipinski definition) is 6. The molecule has 0 spiro atoms. The van der Waals surface area contributed by atoms with Gasteiger partial charge in [-0.2, -0.15) is 13.2 Å². The van der Waals surface area contributed by atoms with Gasteiger partial charge in [0.2, 0.25) is 0 Å². The largest absolute Gasteiger partial charge is 0.511 e. The molecular weight excluding hydrogens is 413 g/mol. The molecule has 7 nitrogen and oxygen atoms in total. The molecule has 0 saturated carbocycles.